The Morgan fingerprint density at radius 1 is 1.19 bits per heavy atom. The number of rotatable bonds is 2. The van der Waals surface area contributed by atoms with Gasteiger partial charge in [0, 0.05) is 37.8 Å². The van der Waals surface area contributed by atoms with Crippen LogP contribution in [0, 0.1) is 0 Å². The molecule has 2 amide bonds. The van der Waals surface area contributed by atoms with Crippen molar-refractivity contribution >= 4 is 47.3 Å². The van der Waals surface area contributed by atoms with E-state index in [1.165, 1.54) is 11.3 Å². The molecule has 1 aromatic heterocycles. The van der Waals surface area contributed by atoms with Crippen LogP contribution in [0.5, 0.6) is 0 Å². The fourth-order valence-electron chi connectivity index (χ4n) is 2.46. The first-order valence-corrected chi connectivity index (χ1v) is 8.72. The molecule has 5 nitrogen and oxygen atoms in total. The predicted molar refractivity (Wildman–Crippen MR) is 88.3 cm³/mol. The van der Waals surface area contributed by atoms with E-state index in [1.54, 1.807) is 11.8 Å². The molecule has 3 heterocycles. The van der Waals surface area contributed by atoms with E-state index < -0.39 is 0 Å². The maximum absolute atomic E-state index is 12.3. The van der Waals surface area contributed by atoms with Gasteiger partial charge in [-0.25, -0.2) is 0 Å². The van der Waals surface area contributed by atoms with E-state index in [2.05, 4.69) is 5.32 Å². The van der Waals surface area contributed by atoms with Crippen molar-refractivity contribution in [2.24, 2.45) is 0 Å². The molecule has 21 heavy (non-hydrogen) atoms. The highest BCUT2D eigenvalue weighted by molar-refractivity contribution is 7.99. The first kappa shape index (κ1) is 16.6. The zero-order valence-electron chi connectivity index (χ0n) is 11.5. The molecule has 116 valence electrons. The van der Waals surface area contributed by atoms with Crippen LogP contribution in [0.15, 0.2) is 17.5 Å². The van der Waals surface area contributed by atoms with Gasteiger partial charge in [0.25, 0.3) is 5.91 Å². The van der Waals surface area contributed by atoms with Crippen LogP contribution in [0.2, 0.25) is 0 Å². The first-order chi connectivity index (χ1) is 9.75. The number of carbonyl (C=O) groups excluding carboxylic acids is 2. The molecule has 0 spiro atoms. The minimum absolute atomic E-state index is 0. The number of piperazine rings is 1. The summed E-state index contributed by atoms with van der Waals surface area (Å²) in [6.07, 6.45) is 0. The average molecular weight is 348 g/mol. The quantitative estimate of drug-likeness (QED) is 0.871. The molecule has 3 rings (SSSR count). The number of carbonyl (C=O) groups is 2. The topological polar surface area (TPSA) is 52.7 Å². The number of nitrogens with one attached hydrogen (secondary N) is 1. The summed E-state index contributed by atoms with van der Waals surface area (Å²) in [7, 11) is 0. The minimum Gasteiger partial charge on any atom is -0.338 e. The third-order valence-corrected chi connectivity index (χ3v) is 5.42. The Kier molecular flexibility index (Phi) is 5.92. The highest BCUT2D eigenvalue weighted by Gasteiger charge is 2.30. The lowest BCUT2D eigenvalue weighted by atomic mass is 10.2. The van der Waals surface area contributed by atoms with Crippen LogP contribution in [0.25, 0.3) is 0 Å². The van der Waals surface area contributed by atoms with Gasteiger partial charge in [0.15, 0.2) is 0 Å². The standard InChI is InChI=1S/C13H17N3O2S2.ClH/c17-12(10-8-19-9-14-10)15-3-5-16(6-4-15)13(18)11-2-1-7-20-11;/h1-2,7,10,14H,3-6,8-9H2;1H. The molecule has 0 radical (unpaired) electrons. The molecule has 2 saturated heterocycles. The number of nitrogens with zero attached hydrogens (tertiary/aromatic N) is 2. The maximum Gasteiger partial charge on any atom is 0.264 e. The molecule has 1 aromatic rings. The van der Waals surface area contributed by atoms with Crippen molar-refractivity contribution in [3.63, 3.8) is 0 Å². The molecule has 0 bridgehead atoms. The summed E-state index contributed by atoms with van der Waals surface area (Å²) >= 11 is 3.22. The summed E-state index contributed by atoms with van der Waals surface area (Å²) in [5, 5.41) is 5.12. The molecule has 2 aliphatic heterocycles. The van der Waals surface area contributed by atoms with Crippen LogP contribution in [-0.4, -0.2) is 65.5 Å². The third-order valence-electron chi connectivity index (χ3n) is 3.62. The second-order valence-electron chi connectivity index (χ2n) is 4.87. The Bertz CT molecular complexity index is 484. The SMILES string of the molecule is Cl.O=C(c1cccs1)N1CCN(C(=O)C2CSCN2)CC1. The summed E-state index contributed by atoms with van der Waals surface area (Å²) in [4.78, 5) is 29.0. The second-order valence-corrected chi connectivity index (χ2v) is 6.84. The average Bonchev–Trinajstić information content (AvgIpc) is 3.18. The number of amides is 2. The number of halogens is 1. The van der Waals surface area contributed by atoms with Crippen molar-refractivity contribution in [1.82, 2.24) is 15.1 Å². The Labute approximate surface area is 138 Å². The van der Waals surface area contributed by atoms with Gasteiger partial charge in [-0.1, -0.05) is 6.07 Å². The lowest BCUT2D eigenvalue weighted by molar-refractivity contribution is -0.134. The van der Waals surface area contributed by atoms with E-state index >= 15 is 0 Å². The monoisotopic (exact) mass is 347 g/mol. The Morgan fingerprint density at radius 2 is 1.90 bits per heavy atom. The molecule has 1 atom stereocenters. The van der Waals surface area contributed by atoms with Crippen molar-refractivity contribution in [3.05, 3.63) is 22.4 Å². The number of thioether (sulfide) groups is 1. The lowest BCUT2D eigenvalue weighted by Crippen LogP contribution is -2.54. The van der Waals surface area contributed by atoms with Gasteiger partial charge in [-0.3, -0.25) is 14.9 Å². The molecule has 2 fully saturated rings. The Balaban J connectivity index is 0.00000161. The summed E-state index contributed by atoms with van der Waals surface area (Å²) in [5.41, 5.74) is 0. The van der Waals surface area contributed by atoms with Crippen molar-refractivity contribution < 1.29 is 9.59 Å². The van der Waals surface area contributed by atoms with Crippen LogP contribution in [0.3, 0.4) is 0 Å². The molecule has 2 aliphatic rings. The van der Waals surface area contributed by atoms with Gasteiger partial charge in [0.2, 0.25) is 5.91 Å². The molecule has 0 saturated carbocycles. The molecule has 0 aliphatic carbocycles. The predicted octanol–water partition coefficient (Wildman–Crippen LogP) is 1.12. The van der Waals surface area contributed by atoms with Crippen LogP contribution in [0.1, 0.15) is 9.67 Å². The molecule has 1 unspecified atom stereocenters. The van der Waals surface area contributed by atoms with E-state index in [-0.39, 0.29) is 30.3 Å². The fraction of sp³-hybridized carbons (Fsp3) is 0.538. The van der Waals surface area contributed by atoms with E-state index in [9.17, 15) is 9.59 Å². The minimum atomic E-state index is -0.0421. The number of hydrogen-bond acceptors (Lipinski definition) is 5. The van der Waals surface area contributed by atoms with Gasteiger partial charge < -0.3 is 9.80 Å². The van der Waals surface area contributed by atoms with Gasteiger partial charge in [-0.05, 0) is 11.4 Å². The van der Waals surface area contributed by atoms with Crippen LogP contribution >= 0.6 is 35.5 Å². The van der Waals surface area contributed by atoms with Crippen LogP contribution in [-0.2, 0) is 4.79 Å². The number of thiophene rings is 1. The Hall–Kier alpha value is -0.760. The molecule has 8 heteroatoms. The highest BCUT2D eigenvalue weighted by Crippen LogP contribution is 2.16. The van der Waals surface area contributed by atoms with Crippen LogP contribution in [0.4, 0.5) is 0 Å². The molecular weight excluding hydrogens is 330 g/mol. The summed E-state index contributed by atoms with van der Waals surface area (Å²) in [5.74, 6) is 1.97. The molecular formula is C13H18ClN3O2S2. The van der Waals surface area contributed by atoms with Gasteiger partial charge in [0.05, 0.1) is 10.9 Å². The number of hydrogen-bond donors (Lipinski definition) is 1. The van der Waals surface area contributed by atoms with Crippen molar-refractivity contribution in [3.8, 4) is 0 Å². The van der Waals surface area contributed by atoms with Crippen molar-refractivity contribution in [2.45, 2.75) is 6.04 Å². The maximum atomic E-state index is 12.3. The van der Waals surface area contributed by atoms with Crippen molar-refractivity contribution in [1.29, 1.82) is 0 Å². The van der Waals surface area contributed by atoms with Crippen LogP contribution < -0.4 is 5.32 Å². The van der Waals surface area contributed by atoms with Gasteiger partial charge in [-0.2, -0.15) is 0 Å². The van der Waals surface area contributed by atoms with E-state index in [1.807, 2.05) is 27.3 Å². The van der Waals surface area contributed by atoms with E-state index in [0.717, 1.165) is 16.5 Å². The lowest BCUT2D eigenvalue weighted by Gasteiger charge is -2.35. The molecule has 1 N–H and O–H groups in total. The largest absolute Gasteiger partial charge is 0.338 e. The summed E-state index contributed by atoms with van der Waals surface area (Å²) in [6, 6.07) is 3.70. The fourth-order valence-corrected chi connectivity index (χ4v) is 4.08. The van der Waals surface area contributed by atoms with E-state index in [0.29, 0.717) is 26.2 Å². The van der Waals surface area contributed by atoms with E-state index in [4.69, 9.17) is 0 Å². The molecule has 0 aromatic carbocycles. The van der Waals surface area contributed by atoms with Gasteiger partial charge >= 0.3 is 0 Å². The third kappa shape index (κ3) is 3.71. The second kappa shape index (κ2) is 7.49. The van der Waals surface area contributed by atoms with Crippen molar-refractivity contribution in [2.75, 3.05) is 37.8 Å². The normalized spacial score (nSPS) is 22.0. The zero-order valence-corrected chi connectivity index (χ0v) is 13.9. The Morgan fingerprint density at radius 3 is 2.48 bits per heavy atom. The summed E-state index contributed by atoms with van der Waals surface area (Å²) in [6.45, 7) is 2.53. The smallest absolute Gasteiger partial charge is 0.264 e. The van der Waals surface area contributed by atoms with Gasteiger partial charge in [-0.15, -0.1) is 35.5 Å². The summed E-state index contributed by atoms with van der Waals surface area (Å²) < 4.78 is 0. The zero-order chi connectivity index (χ0) is 13.9. The first-order valence-electron chi connectivity index (χ1n) is 6.68. The highest BCUT2D eigenvalue weighted by atomic mass is 35.5. The van der Waals surface area contributed by atoms with Gasteiger partial charge in [0.1, 0.15) is 0 Å².